The Bertz CT molecular complexity index is 438. The Hall–Kier alpha value is -1.41. The number of hydrogen-bond donors (Lipinski definition) is 3. The molecule has 19 heavy (non-hydrogen) atoms. The normalized spacial score (nSPS) is 24.7. The predicted molar refractivity (Wildman–Crippen MR) is 72.4 cm³/mol. The van der Waals surface area contributed by atoms with E-state index in [4.69, 9.17) is 5.26 Å². The molecule has 0 aromatic heterocycles. The number of benzene rings is 1. The summed E-state index contributed by atoms with van der Waals surface area (Å²) in [4.78, 5) is 0. The minimum absolute atomic E-state index is 0.0850. The van der Waals surface area contributed by atoms with Crippen LogP contribution in [0.2, 0.25) is 0 Å². The minimum atomic E-state index is -0.609. The maximum absolute atomic E-state index is 10.1. The first kappa shape index (κ1) is 14.0. The molecule has 1 aromatic rings. The SMILES string of the molecule is N#Cc1ccc(C(O)CNC2CCCCC2O)cc1. The van der Waals surface area contributed by atoms with Crippen LogP contribution < -0.4 is 5.32 Å². The topological polar surface area (TPSA) is 76.3 Å². The lowest BCUT2D eigenvalue weighted by Gasteiger charge is -2.29. The van der Waals surface area contributed by atoms with E-state index in [1.165, 1.54) is 0 Å². The Morgan fingerprint density at radius 2 is 1.95 bits per heavy atom. The molecule has 1 aliphatic rings. The molecule has 0 aliphatic heterocycles. The first-order chi connectivity index (χ1) is 9.20. The lowest BCUT2D eigenvalue weighted by Crippen LogP contribution is -2.43. The summed E-state index contributed by atoms with van der Waals surface area (Å²) in [7, 11) is 0. The summed E-state index contributed by atoms with van der Waals surface area (Å²) in [5.41, 5.74) is 1.38. The van der Waals surface area contributed by atoms with E-state index in [2.05, 4.69) is 11.4 Å². The van der Waals surface area contributed by atoms with Crippen molar-refractivity contribution in [1.29, 1.82) is 5.26 Å². The number of nitrogens with one attached hydrogen (secondary N) is 1. The van der Waals surface area contributed by atoms with Gasteiger partial charge in [0.05, 0.1) is 23.8 Å². The largest absolute Gasteiger partial charge is 0.392 e. The lowest BCUT2D eigenvalue weighted by atomic mass is 9.92. The molecule has 4 heteroatoms. The van der Waals surface area contributed by atoms with E-state index < -0.39 is 6.10 Å². The van der Waals surface area contributed by atoms with Crippen LogP contribution in [0.4, 0.5) is 0 Å². The zero-order chi connectivity index (χ0) is 13.7. The average Bonchev–Trinajstić information content (AvgIpc) is 2.46. The number of aliphatic hydroxyl groups excluding tert-OH is 2. The number of nitriles is 1. The second kappa shape index (κ2) is 6.67. The van der Waals surface area contributed by atoms with Crippen LogP contribution in [0.3, 0.4) is 0 Å². The van der Waals surface area contributed by atoms with Crippen molar-refractivity contribution in [3.8, 4) is 6.07 Å². The number of aliphatic hydroxyl groups is 2. The quantitative estimate of drug-likeness (QED) is 0.766. The van der Waals surface area contributed by atoms with Gasteiger partial charge < -0.3 is 15.5 Å². The van der Waals surface area contributed by atoms with Crippen molar-refractivity contribution in [3.05, 3.63) is 35.4 Å². The monoisotopic (exact) mass is 260 g/mol. The van der Waals surface area contributed by atoms with Gasteiger partial charge in [-0.3, -0.25) is 0 Å². The van der Waals surface area contributed by atoms with Gasteiger partial charge in [0.25, 0.3) is 0 Å². The van der Waals surface area contributed by atoms with E-state index in [9.17, 15) is 10.2 Å². The first-order valence-electron chi connectivity index (χ1n) is 6.80. The van der Waals surface area contributed by atoms with Gasteiger partial charge >= 0.3 is 0 Å². The van der Waals surface area contributed by atoms with Crippen molar-refractivity contribution >= 4 is 0 Å². The highest BCUT2D eigenvalue weighted by molar-refractivity contribution is 5.32. The van der Waals surface area contributed by atoms with Gasteiger partial charge in [0, 0.05) is 12.6 Å². The average molecular weight is 260 g/mol. The third-order valence-corrected chi connectivity index (χ3v) is 3.73. The summed E-state index contributed by atoms with van der Waals surface area (Å²) in [6, 6.07) is 9.07. The summed E-state index contributed by atoms with van der Waals surface area (Å²) in [6.45, 7) is 0.424. The molecular weight excluding hydrogens is 240 g/mol. The third-order valence-electron chi connectivity index (χ3n) is 3.73. The molecular formula is C15H20N2O2. The fraction of sp³-hybridized carbons (Fsp3) is 0.533. The highest BCUT2D eigenvalue weighted by Crippen LogP contribution is 2.19. The van der Waals surface area contributed by atoms with Crippen molar-refractivity contribution in [2.75, 3.05) is 6.54 Å². The Morgan fingerprint density at radius 1 is 1.26 bits per heavy atom. The summed E-state index contributed by atoms with van der Waals surface area (Å²) in [5, 5.41) is 31.9. The molecule has 1 aromatic carbocycles. The van der Waals surface area contributed by atoms with E-state index in [1.807, 2.05) is 0 Å². The molecule has 1 fully saturated rings. The van der Waals surface area contributed by atoms with Gasteiger partial charge in [-0.15, -0.1) is 0 Å². The van der Waals surface area contributed by atoms with Crippen molar-refractivity contribution in [3.63, 3.8) is 0 Å². The summed E-state index contributed by atoms with van der Waals surface area (Å²) in [5.74, 6) is 0. The molecule has 0 spiro atoms. The summed E-state index contributed by atoms with van der Waals surface area (Å²) < 4.78 is 0. The zero-order valence-electron chi connectivity index (χ0n) is 10.9. The predicted octanol–water partition coefficient (Wildman–Crippen LogP) is 1.48. The molecule has 1 saturated carbocycles. The van der Waals surface area contributed by atoms with Gasteiger partial charge in [-0.2, -0.15) is 5.26 Å². The Kier molecular flexibility index (Phi) is 4.92. The lowest BCUT2D eigenvalue weighted by molar-refractivity contribution is 0.0797. The van der Waals surface area contributed by atoms with Crippen LogP contribution in [0.15, 0.2) is 24.3 Å². The first-order valence-corrected chi connectivity index (χ1v) is 6.80. The van der Waals surface area contributed by atoms with Crippen LogP contribution in [0.1, 0.15) is 42.9 Å². The molecule has 0 radical (unpaired) electrons. The molecule has 3 unspecified atom stereocenters. The number of hydrogen-bond acceptors (Lipinski definition) is 4. The minimum Gasteiger partial charge on any atom is -0.392 e. The van der Waals surface area contributed by atoms with Crippen LogP contribution in [0.25, 0.3) is 0 Å². The molecule has 2 rings (SSSR count). The van der Waals surface area contributed by atoms with Crippen LogP contribution in [-0.2, 0) is 0 Å². The fourth-order valence-corrected chi connectivity index (χ4v) is 2.51. The van der Waals surface area contributed by atoms with Crippen molar-refractivity contribution in [1.82, 2.24) is 5.32 Å². The number of rotatable bonds is 4. The fourth-order valence-electron chi connectivity index (χ4n) is 2.51. The molecule has 0 saturated heterocycles. The van der Waals surface area contributed by atoms with E-state index >= 15 is 0 Å². The van der Waals surface area contributed by atoms with Gasteiger partial charge in [-0.05, 0) is 30.5 Å². The molecule has 1 aliphatic carbocycles. The molecule has 4 nitrogen and oxygen atoms in total. The van der Waals surface area contributed by atoms with Gasteiger partial charge in [-0.25, -0.2) is 0 Å². The van der Waals surface area contributed by atoms with Crippen molar-refractivity contribution < 1.29 is 10.2 Å². The zero-order valence-corrected chi connectivity index (χ0v) is 10.9. The van der Waals surface area contributed by atoms with Crippen LogP contribution in [0.5, 0.6) is 0 Å². The second-order valence-corrected chi connectivity index (χ2v) is 5.12. The maximum Gasteiger partial charge on any atom is 0.0991 e. The van der Waals surface area contributed by atoms with Crippen LogP contribution in [0, 0.1) is 11.3 Å². The number of nitrogens with zero attached hydrogens (tertiary/aromatic N) is 1. The van der Waals surface area contributed by atoms with E-state index in [0.29, 0.717) is 12.1 Å². The smallest absolute Gasteiger partial charge is 0.0991 e. The molecule has 102 valence electrons. The van der Waals surface area contributed by atoms with Gasteiger partial charge in [-0.1, -0.05) is 25.0 Å². The maximum atomic E-state index is 10.1. The van der Waals surface area contributed by atoms with Crippen molar-refractivity contribution in [2.24, 2.45) is 0 Å². The van der Waals surface area contributed by atoms with Crippen molar-refractivity contribution in [2.45, 2.75) is 43.9 Å². The molecule has 0 bridgehead atoms. The van der Waals surface area contributed by atoms with Crippen LogP contribution >= 0.6 is 0 Å². The summed E-state index contributed by atoms with van der Waals surface area (Å²) in [6.07, 6.45) is 3.09. The highest BCUT2D eigenvalue weighted by Gasteiger charge is 2.23. The third kappa shape index (κ3) is 3.77. The van der Waals surface area contributed by atoms with E-state index in [1.54, 1.807) is 24.3 Å². The standard InChI is InChI=1S/C15H20N2O2/c16-9-11-5-7-12(8-6-11)15(19)10-17-13-3-1-2-4-14(13)18/h5-8,13-15,17-19H,1-4,10H2. The van der Waals surface area contributed by atoms with Gasteiger partial charge in [0.15, 0.2) is 0 Å². The van der Waals surface area contributed by atoms with E-state index in [-0.39, 0.29) is 12.1 Å². The summed E-state index contributed by atoms with van der Waals surface area (Å²) >= 11 is 0. The highest BCUT2D eigenvalue weighted by atomic mass is 16.3. The van der Waals surface area contributed by atoms with Gasteiger partial charge in [0.1, 0.15) is 0 Å². The van der Waals surface area contributed by atoms with Gasteiger partial charge in [0.2, 0.25) is 0 Å². The van der Waals surface area contributed by atoms with Crippen LogP contribution in [-0.4, -0.2) is 28.9 Å². The molecule has 3 N–H and O–H groups in total. The Balaban J connectivity index is 1.86. The Labute approximate surface area is 113 Å². The molecule has 3 atom stereocenters. The Morgan fingerprint density at radius 3 is 2.58 bits per heavy atom. The second-order valence-electron chi connectivity index (χ2n) is 5.12. The van der Waals surface area contributed by atoms with E-state index in [0.717, 1.165) is 31.2 Å². The molecule has 0 amide bonds. The molecule has 0 heterocycles.